The lowest BCUT2D eigenvalue weighted by atomic mass is 10.2. The van der Waals surface area contributed by atoms with Gasteiger partial charge < -0.3 is 4.74 Å². The molecule has 4 rings (SSSR count). The van der Waals surface area contributed by atoms with E-state index in [1.807, 2.05) is 73.8 Å². The largest absolute Gasteiger partial charge is 0.497 e. The highest BCUT2D eigenvalue weighted by atomic mass is 32.2. The van der Waals surface area contributed by atoms with Gasteiger partial charge in [0.2, 0.25) is 10.0 Å². The molecule has 9 heteroatoms. The molecule has 0 bridgehead atoms. The van der Waals surface area contributed by atoms with E-state index in [-0.39, 0.29) is 23.4 Å². The third-order valence-electron chi connectivity index (χ3n) is 5.59. The summed E-state index contributed by atoms with van der Waals surface area (Å²) in [5.41, 5.74) is 2.90. The molecule has 0 fully saturated rings. The maximum atomic E-state index is 13.3. The maximum Gasteiger partial charge on any atom is 0.257 e. The van der Waals surface area contributed by atoms with Crippen LogP contribution in [-0.4, -0.2) is 36.8 Å². The van der Waals surface area contributed by atoms with Gasteiger partial charge in [-0.2, -0.15) is 4.31 Å². The highest BCUT2D eigenvalue weighted by molar-refractivity contribution is 7.89. The van der Waals surface area contributed by atoms with Crippen LogP contribution in [0.3, 0.4) is 0 Å². The van der Waals surface area contributed by atoms with Crippen molar-refractivity contribution in [3.63, 3.8) is 0 Å². The van der Waals surface area contributed by atoms with E-state index in [2.05, 4.69) is 10.3 Å². The van der Waals surface area contributed by atoms with E-state index in [0.29, 0.717) is 10.7 Å². The molecule has 0 aliphatic carbocycles. The Morgan fingerprint density at radius 2 is 1.67 bits per heavy atom. The zero-order valence-corrected chi connectivity index (χ0v) is 21.8. The summed E-state index contributed by atoms with van der Waals surface area (Å²) in [6.07, 6.45) is 0. The Morgan fingerprint density at radius 1 is 1.00 bits per heavy atom. The number of nitrogens with zero attached hydrogens (tertiary/aromatic N) is 2. The molecule has 7 nitrogen and oxygen atoms in total. The first-order valence-corrected chi connectivity index (χ1v) is 13.7. The van der Waals surface area contributed by atoms with Gasteiger partial charge in [-0.1, -0.05) is 30.3 Å². The van der Waals surface area contributed by atoms with Crippen LogP contribution >= 0.6 is 11.3 Å². The Balaban J connectivity index is 1.46. The molecule has 1 heterocycles. The van der Waals surface area contributed by atoms with Crippen molar-refractivity contribution in [3.05, 3.63) is 95.4 Å². The minimum Gasteiger partial charge on any atom is -0.497 e. The number of ether oxygens (including phenoxy) is 1. The monoisotopic (exact) mass is 521 g/mol. The number of rotatable bonds is 9. The molecule has 3 aromatic carbocycles. The van der Waals surface area contributed by atoms with Crippen LogP contribution in [-0.2, 0) is 16.6 Å². The van der Waals surface area contributed by atoms with Crippen molar-refractivity contribution < 1.29 is 17.9 Å². The number of hydrogen-bond donors (Lipinski definition) is 1. The molecule has 0 aliphatic heterocycles. The number of methoxy groups -OCH3 is 1. The third kappa shape index (κ3) is 5.81. The Kier molecular flexibility index (Phi) is 7.83. The van der Waals surface area contributed by atoms with Crippen LogP contribution in [0.2, 0.25) is 0 Å². The fraction of sp³-hybridized carbons (Fsp3) is 0.185. The molecule has 0 aliphatic rings. The number of amides is 1. The van der Waals surface area contributed by atoms with E-state index in [1.165, 1.54) is 39.9 Å². The fourth-order valence-electron chi connectivity index (χ4n) is 3.62. The summed E-state index contributed by atoms with van der Waals surface area (Å²) >= 11 is 1.32. The lowest BCUT2D eigenvalue weighted by molar-refractivity contribution is 0.102. The van der Waals surface area contributed by atoms with E-state index in [1.54, 1.807) is 7.11 Å². The van der Waals surface area contributed by atoms with Crippen LogP contribution in [0.5, 0.6) is 5.75 Å². The van der Waals surface area contributed by atoms with E-state index >= 15 is 0 Å². The normalized spacial score (nSPS) is 11.6. The minimum absolute atomic E-state index is 0.139. The van der Waals surface area contributed by atoms with Gasteiger partial charge in [0.25, 0.3) is 5.91 Å². The van der Waals surface area contributed by atoms with E-state index in [9.17, 15) is 13.2 Å². The van der Waals surface area contributed by atoms with Crippen molar-refractivity contribution in [2.24, 2.45) is 0 Å². The zero-order valence-electron chi connectivity index (χ0n) is 20.2. The standard InChI is InChI=1S/C27H27N3O4S2/c1-19(2)30(17-20-7-5-4-6-8-20)36(32,33)24-15-11-22(12-16-24)26(31)29-27-28-25(18-35-27)21-9-13-23(34-3)14-10-21/h4-16,18-19H,17H2,1-3H3,(H,28,29,31). The first-order valence-electron chi connectivity index (χ1n) is 11.3. The van der Waals surface area contributed by atoms with Gasteiger partial charge in [0.1, 0.15) is 5.75 Å². The summed E-state index contributed by atoms with van der Waals surface area (Å²) in [6.45, 7) is 3.96. The summed E-state index contributed by atoms with van der Waals surface area (Å²) in [5, 5.41) is 5.10. The Morgan fingerprint density at radius 3 is 2.28 bits per heavy atom. The van der Waals surface area contributed by atoms with Crippen molar-refractivity contribution in [3.8, 4) is 17.0 Å². The molecular weight excluding hydrogens is 494 g/mol. The smallest absolute Gasteiger partial charge is 0.257 e. The first-order chi connectivity index (χ1) is 17.3. The van der Waals surface area contributed by atoms with Crippen molar-refractivity contribution in [2.75, 3.05) is 12.4 Å². The Bertz CT molecular complexity index is 1420. The highest BCUT2D eigenvalue weighted by Gasteiger charge is 2.27. The molecular formula is C27H27N3O4S2. The van der Waals surface area contributed by atoms with Gasteiger partial charge in [0.05, 0.1) is 17.7 Å². The second-order valence-electron chi connectivity index (χ2n) is 8.37. The highest BCUT2D eigenvalue weighted by Crippen LogP contribution is 2.27. The maximum absolute atomic E-state index is 13.3. The lowest BCUT2D eigenvalue weighted by Gasteiger charge is -2.26. The fourth-order valence-corrected chi connectivity index (χ4v) is 5.96. The number of aromatic nitrogens is 1. The molecule has 0 atom stereocenters. The predicted octanol–water partition coefficient (Wildman–Crippen LogP) is 5.67. The number of carbonyl (C=O) groups is 1. The second-order valence-corrected chi connectivity index (χ2v) is 11.1. The van der Waals surface area contributed by atoms with Crippen molar-refractivity contribution >= 4 is 32.4 Å². The molecule has 1 N–H and O–H groups in total. The number of thiazole rings is 1. The average molecular weight is 522 g/mol. The van der Waals surface area contributed by atoms with Gasteiger partial charge in [-0.05, 0) is 67.9 Å². The van der Waals surface area contributed by atoms with Gasteiger partial charge in [-0.15, -0.1) is 11.3 Å². The van der Waals surface area contributed by atoms with Crippen LogP contribution in [0.4, 0.5) is 5.13 Å². The average Bonchev–Trinajstić information content (AvgIpc) is 3.36. The third-order valence-corrected chi connectivity index (χ3v) is 8.38. The second kappa shape index (κ2) is 11.0. The summed E-state index contributed by atoms with van der Waals surface area (Å²) in [7, 11) is -2.14. The van der Waals surface area contributed by atoms with Crippen LogP contribution in [0.15, 0.2) is 89.1 Å². The van der Waals surface area contributed by atoms with Gasteiger partial charge in [-0.3, -0.25) is 10.1 Å². The number of sulfonamides is 1. The number of benzene rings is 3. The molecule has 0 spiro atoms. The number of anilines is 1. The zero-order chi connectivity index (χ0) is 25.7. The molecule has 0 saturated carbocycles. The number of nitrogens with one attached hydrogen (secondary N) is 1. The Hall–Kier alpha value is -3.53. The van der Waals surface area contributed by atoms with Gasteiger partial charge in [0.15, 0.2) is 5.13 Å². The molecule has 0 saturated heterocycles. The van der Waals surface area contributed by atoms with Crippen molar-refractivity contribution in [1.29, 1.82) is 0 Å². The van der Waals surface area contributed by atoms with E-state index in [0.717, 1.165) is 22.6 Å². The SMILES string of the molecule is COc1ccc(-c2csc(NC(=O)c3ccc(S(=O)(=O)N(Cc4ccccc4)C(C)C)cc3)n2)cc1. The summed E-state index contributed by atoms with van der Waals surface area (Å²) in [6, 6.07) is 22.7. The molecule has 4 aromatic rings. The topological polar surface area (TPSA) is 88.6 Å². The molecule has 1 aromatic heterocycles. The van der Waals surface area contributed by atoms with Crippen LogP contribution in [0, 0.1) is 0 Å². The minimum atomic E-state index is -3.75. The first kappa shape index (κ1) is 25.6. The molecule has 186 valence electrons. The van der Waals surface area contributed by atoms with Crippen LogP contribution in [0.25, 0.3) is 11.3 Å². The summed E-state index contributed by atoms with van der Waals surface area (Å²) in [4.78, 5) is 17.4. The lowest BCUT2D eigenvalue weighted by Crippen LogP contribution is -2.36. The van der Waals surface area contributed by atoms with Gasteiger partial charge in [0, 0.05) is 29.1 Å². The summed E-state index contributed by atoms with van der Waals surface area (Å²) in [5.74, 6) is 0.393. The van der Waals surface area contributed by atoms with Crippen molar-refractivity contribution in [2.45, 2.75) is 31.3 Å². The molecule has 36 heavy (non-hydrogen) atoms. The van der Waals surface area contributed by atoms with Gasteiger partial charge in [-0.25, -0.2) is 13.4 Å². The number of carbonyl (C=O) groups excluding carboxylic acids is 1. The Labute approximate surface area is 215 Å². The van der Waals surface area contributed by atoms with E-state index in [4.69, 9.17) is 4.74 Å². The molecule has 1 amide bonds. The van der Waals surface area contributed by atoms with Crippen LogP contribution < -0.4 is 10.1 Å². The van der Waals surface area contributed by atoms with Crippen molar-refractivity contribution in [1.82, 2.24) is 9.29 Å². The van der Waals surface area contributed by atoms with Gasteiger partial charge >= 0.3 is 0 Å². The summed E-state index contributed by atoms with van der Waals surface area (Å²) < 4.78 is 33.3. The molecule has 0 unspecified atom stereocenters. The van der Waals surface area contributed by atoms with E-state index < -0.39 is 10.0 Å². The quantitative estimate of drug-likeness (QED) is 0.307. The predicted molar refractivity (Wildman–Crippen MR) is 143 cm³/mol. The molecule has 0 radical (unpaired) electrons. The van der Waals surface area contributed by atoms with Crippen LogP contribution in [0.1, 0.15) is 29.8 Å². The number of hydrogen-bond acceptors (Lipinski definition) is 6.